The van der Waals surface area contributed by atoms with Gasteiger partial charge in [0.15, 0.2) is 0 Å². The molecule has 36 heavy (non-hydrogen) atoms. The van der Waals surface area contributed by atoms with Gasteiger partial charge in [-0.05, 0) is 160 Å². The lowest BCUT2D eigenvalue weighted by Gasteiger charge is -2.13. The molecule has 2 rings (SSSR count). The number of aliphatic hydroxyl groups excluding tert-OH is 1. The summed E-state index contributed by atoms with van der Waals surface area (Å²) in [6.07, 6.45) is -1.26. The predicted octanol–water partition coefficient (Wildman–Crippen LogP) is 3.92. The second-order valence-electron chi connectivity index (χ2n) is 6.88. The van der Waals surface area contributed by atoms with Crippen molar-refractivity contribution in [2.45, 2.75) is 6.10 Å². The Bertz CT molecular complexity index is 1090. The first-order valence-corrected chi connectivity index (χ1v) is 16.2. The van der Waals surface area contributed by atoms with Gasteiger partial charge in [-0.15, -0.1) is 0 Å². The molecular formula is C21H16I6N2O7. The van der Waals surface area contributed by atoms with Crippen LogP contribution in [0.3, 0.4) is 0 Å². The molecule has 0 heterocycles. The molecule has 9 nitrogen and oxygen atoms in total. The molecule has 0 aromatic heterocycles. The molecule has 0 saturated carbocycles. The minimum atomic E-state index is -1.26. The van der Waals surface area contributed by atoms with Crippen molar-refractivity contribution in [3.05, 3.63) is 56.8 Å². The maximum absolute atomic E-state index is 12.4. The Morgan fingerprint density at radius 1 is 0.694 bits per heavy atom. The third-order valence-electron chi connectivity index (χ3n) is 4.14. The molecule has 0 bridgehead atoms. The Kier molecular flexibility index (Phi) is 14.7. The summed E-state index contributed by atoms with van der Waals surface area (Å²) in [6, 6.07) is 7.30. The van der Waals surface area contributed by atoms with Gasteiger partial charge in [0.1, 0.15) is 32.4 Å². The van der Waals surface area contributed by atoms with E-state index in [1.807, 2.05) is 12.1 Å². The first kappa shape index (κ1) is 32.9. The number of benzene rings is 2. The molecule has 0 spiro atoms. The van der Waals surface area contributed by atoms with Crippen molar-refractivity contribution >= 4 is 159 Å². The SMILES string of the molecule is O=C(CNC(=O)c1cc(I)cc(I)c1I)OCC(O)COC(=O)CNC(=O)c1cc(I)cc(I)c1I. The fraction of sp³-hybridized carbons (Fsp3) is 0.238. The lowest BCUT2D eigenvalue weighted by molar-refractivity contribution is -0.151. The number of carbonyl (C=O) groups is 4. The molecule has 0 aliphatic rings. The van der Waals surface area contributed by atoms with Crippen molar-refractivity contribution in [1.82, 2.24) is 10.6 Å². The molecule has 15 heteroatoms. The Labute approximate surface area is 288 Å². The van der Waals surface area contributed by atoms with E-state index in [2.05, 4.69) is 146 Å². The van der Waals surface area contributed by atoms with Gasteiger partial charge >= 0.3 is 11.9 Å². The maximum Gasteiger partial charge on any atom is 0.325 e. The zero-order valence-corrected chi connectivity index (χ0v) is 30.8. The number of esters is 2. The van der Waals surface area contributed by atoms with E-state index >= 15 is 0 Å². The Balaban J connectivity index is 1.70. The molecule has 194 valence electrons. The van der Waals surface area contributed by atoms with E-state index in [-0.39, 0.29) is 13.1 Å². The van der Waals surface area contributed by atoms with E-state index in [0.717, 1.165) is 21.4 Å². The van der Waals surface area contributed by atoms with Crippen molar-refractivity contribution in [3.8, 4) is 0 Å². The van der Waals surface area contributed by atoms with Gasteiger partial charge in [0.2, 0.25) is 0 Å². The summed E-state index contributed by atoms with van der Waals surface area (Å²) in [6.45, 7) is -1.62. The zero-order valence-electron chi connectivity index (χ0n) is 17.9. The number of ether oxygens (including phenoxy) is 2. The van der Waals surface area contributed by atoms with Crippen molar-refractivity contribution in [2.75, 3.05) is 26.3 Å². The topological polar surface area (TPSA) is 131 Å². The van der Waals surface area contributed by atoms with Gasteiger partial charge < -0.3 is 25.2 Å². The van der Waals surface area contributed by atoms with Gasteiger partial charge in [0.05, 0.1) is 11.1 Å². The monoisotopic (exact) mass is 1170 g/mol. The molecule has 2 aromatic rings. The van der Waals surface area contributed by atoms with E-state index in [1.165, 1.54) is 0 Å². The third-order valence-corrected chi connectivity index (χ3v) is 11.5. The first-order chi connectivity index (χ1) is 16.9. The molecule has 2 aromatic carbocycles. The quantitative estimate of drug-likeness (QED) is 0.187. The van der Waals surface area contributed by atoms with E-state index in [9.17, 15) is 24.3 Å². The number of amides is 2. The van der Waals surface area contributed by atoms with Crippen LogP contribution in [0.15, 0.2) is 24.3 Å². The number of carbonyl (C=O) groups excluding carboxylic acids is 4. The average Bonchev–Trinajstić information content (AvgIpc) is 2.82. The van der Waals surface area contributed by atoms with Gasteiger partial charge in [-0.2, -0.15) is 0 Å². The molecule has 0 radical (unpaired) electrons. The van der Waals surface area contributed by atoms with Crippen molar-refractivity contribution in [2.24, 2.45) is 0 Å². The van der Waals surface area contributed by atoms with Crippen molar-refractivity contribution < 1.29 is 33.8 Å². The van der Waals surface area contributed by atoms with E-state index in [0.29, 0.717) is 11.1 Å². The normalized spacial score (nSPS) is 10.7. The van der Waals surface area contributed by atoms with Crippen LogP contribution < -0.4 is 10.6 Å². The Morgan fingerprint density at radius 2 is 1.06 bits per heavy atom. The summed E-state index contributed by atoms with van der Waals surface area (Å²) < 4.78 is 15.0. The molecule has 0 aliphatic heterocycles. The third kappa shape index (κ3) is 10.7. The second-order valence-corrected chi connectivity index (χ2v) is 13.9. The Hall–Kier alpha value is 0.660. The average molecular weight is 1170 g/mol. The maximum atomic E-state index is 12.4. The van der Waals surface area contributed by atoms with Gasteiger partial charge in [0, 0.05) is 21.4 Å². The van der Waals surface area contributed by atoms with Crippen LogP contribution in [0.25, 0.3) is 0 Å². The number of hydrogen-bond acceptors (Lipinski definition) is 7. The highest BCUT2D eigenvalue weighted by Gasteiger charge is 2.18. The highest BCUT2D eigenvalue weighted by atomic mass is 127. The lowest BCUT2D eigenvalue weighted by Crippen LogP contribution is -2.35. The summed E-state index contributed by atoms with van der Waals surface area (Å²) in [5.74, 6) is -2.34. The van der Waals surface area contributed by atoms with Crippen molar-refractivity contribution in [3.63, 3.8) is 0 Å². The summed E-state index contributed by atoms with van der Waals surface area (Å²) >= 11 is 12.6. The van der Waals surface area contributed by atoms with E-state index in [4.69, 9.17) is 9.47 Å². The molecule has 0 saturated heterocycles. The van der Waals surface area contributed by atoms with Crippen LogP contribution in [-0.2, 0) is 19.1 Å². The van der Waals surface area contributed by atoms with Gasteiger partial charge in [-0.1, -0.05) is 0 Å². The molecule has 0 unspecified atom stereocenters. The first-order valence-electron chi connectivity index (χ1n) is 9.73. The number of rotatable bonds is 10. The van der Waals surface area contributed by atoms with Crippen LogP contribution in [0, 0.1) is 21.4 Å². The lowest BCUT2D eigenvalue weighted by atomic mass is 10.2. The van der Waals surface area contributed by atoms with Gasteiger partial charge in [-0.25, -0.2) is 0 Å². The second kappa shape index (κ2) is 16.1. The summed E-state index contributed by atoms with van der Waals surface area (Å²) in [4.78, 5) is 48.6. The summed E-state index contributed by atoms with van der Waals surface area (Å²) in [5, 5.41) is 14.9. The minimum Gasteiger partial charge on any atom is -0.461 e. The molecule has 3 N–H and O–H groups in total. The van der Waals surface area contributed by atoms with Crippen LogP contribution in [0.2, 0.25) is 0 Å². The number of nitrogens with one attached hydrogen (secondary N) is 2. The van der Waals surface area contributed by atoms with Crippen LogP contribution in [0.5, 0.6) is 0 Å². The smallest absolute Gasteiger partial charge is 0.325 e. The number of hydrogen-bond donors (Lipinski definition) is 3. The highest BCUT2D eigenvalue weighted by Crippen LogP contribution is 2.23. The molecule has 0 aliphatic carbocycles. The van der Waals surface area contributed by atoms with Crippen LogP contribution in [0.4, 0.5) is 0 Å². The minimum absolute atomic E-state index is 0.383. The summed E-state index contributed by atoms with van der Waals surface area (Å²) in [7, 11) is 0. The molecular weight excluding hydrogens is 1150 g/mol. The predicted molar refractivity (Wildman–Crippen MR) is 182 cm³/mol. The number of halogens is 6. The van der Waals surface area contributed by atoms with Crippen LogP contribution in [-0.4, -0.2) is 61.3 Å². The molecule has 0 fully saturated rings. The summed E-state index contributed by atoms with van der Waals surface area (Å²) in [5.41, 5.74) is 0.898. The van der Waals surface area contributed by atoms with E-state index < -0.39 is 43.1 Å². The fourth-order valence-electron chi connectivity index (χ4n) is 2.47. The van der Waals surface area contributed by atoms with Crippen molar-refractivity contribution in [1.29, 1.82) is 0 Å². The molecule has 2 amide bonds. The standard InChI is InChI=1S/C21H16I6N2O7/c22-9-1-12(18(26)14(24)3-9)20(33)28-5-16(31)35-7-11(30)8-36-17(32)6-29-21(34)13-2-10(23)4-15(25)19(13)27/h1-4,11,30H,5-8H2,(H,28,33)(H,29,34). The van der Waals surface area contributed by atoms with Gasteiger partial charge in [0.25, 0.3) is 11.8 Å². The zero-order chi connectivity index (χ0) is 27.0. The van der Waals surface area contributed by atoms with Gasteiger partial charge in [-0.3, -0.25) is 19.2 Å². The largest absolute Gasteiger partial charge is 0.461 e. The van der Waals surface area contributed by atoms with Crippen LogP contribution >= 0.6 is 136 Å². The van der Waals surface area contributed by atoms with E-state index in [1.54, 1.807) is 12.1 Å². The highest BCUT2D eigenvalue weighted by molar-refractivity contribution is 14.1. The Morgan fingerprint density at radius 3 is 1.42 bits per heavy atom. The number of aliphatic hydroxyl groups is 1. The molecule has 0 atom stereocenters. The van der Waals surface area contributed by atoms with Crippen LogP contribution in [0.1, 0.15) is 20.7 Å². The fourth-order valence-corrected chi connectivity index (χ4v) is 7.27.